The van der Waals surface area contributed by atoms with Crippen molar-refractivity contribution in [3.63, 3.8) is 0 Å². The Morgan fingerprint density at radius 1 is 0.889 bits per heavy atom. The van der Waals surface area contributed by atoms with E-state index in [1.54, 1.807) is 4.52 Å². The molecular formula is C19H15N7S. The highest BCUT2D eigenvalue weighted by Crippen LogP contribution is 2.23. The van der Waals surface area contributed by atoms with Gasteiger partial charge in [0.05, 0.1) is 17.1 Å². The normalized spacial score (nSPS) is 11.3. The monoisotopic (exact) mass is 373 g/mol. The minimum atomic E-state index is 0.612. The Morgan fingerprint density at radius 3 is 2.41 bits per heavy atom. The zero-order chi connectivity index (χ0) is 18.2. The number of nitrogens with zero attached hydrogens (tertiary/aromatic N) is 7. The molecule has 5 rings (SSSR count). The summed E-state index contributed by atoms with van der Waals surface area (Å²) in [5.74, 6) is 0.748. The molecule has 0 aliphatic rings. The van der Waals surface area contributed by atoms with Gasteiger partial charge in [-0.25, -0.2) is 4.68 Å². The lowest BCUT2D eigenvalue weighted by atomic mass is 10.2. The lowest BCUT2D eigenvalue weighted by Crippen LogP contribution is -1.99. The van der Waals surface area contributed by atoms with Gasteiger partial charge in [-0.3, -0.25) is 0 Å². The predicted octanol–water partition coefficient (Wildman–Crippen LogP) is 3.33. The zero-order valence-electron chi connectivity index (χ0n) is 14.5. The third-order valence-electron chi connectivity index (χ3n) is 4.37. The van der Waals surface area contributed by atoms with Gasteiger partial charge < -0.3 is 0 Å². The second-order valence-corrected chi connectivity index (χ2v) is 7.17. The van der Waals surface area contributed by atoms with Crippen molar-refractivity contribution in [3.05, 3.63) is 77.1 Å². The van der Waals surface area contributed by atoms with Gasteiger partial charge in [-0.05, 0) is 19.1 Å². The third-order valence-corrected chi connectivity index (χ3v) is 5.27. The summed E-state index contributed by atoms with van der Waals surface area (Å²) < 4.78 is 3.65. The summed E-state index contributed by atoms with van der Waals surface area (Å²) in [5.41, 5.74) is 3.91. The van der Waals surface area contributed by atoms with Crippen LogP contribution in [-0.2, 0) is 6.42 Å². The first-order chi connectivity index (χ1) is 13.3. The summed E-state index contributed by atoms with van der Waals surface area (Å²) in [6, 6.07) is 19.9. The lowest BCUT2D eigenvalue weighted by molar-refractivity contribution is 0.783. The quantitative estimate of drug-likeness (QED) is 0.483. The smallest absolute Gasteiger partial charge is 0.218 e. The van der Waals surface area contributed by atoms with Gasteiger partial charge >= 0.3 is 0 Å². The van der Waals surface area contributed by atoms with E-state index >= 15 is 0 Å². The van der Waals surface area contributed by atoms with Crippen LogP contribution in [0, 0.1) is 6.92 Å². The second-order valence-electron chi connectivity index (χ2n) is 6.13. The van der Waals surface area contributed by atoms with Crippen LogP contribution in [0.5, 0.6) is 0 Å². The number of benzene rings is 2. The van der Waals surface area contributed by atoms with E-state index in [4.69, 9.17) is 5.10 Å². The number of rotatable bonds is 4. The number of aromatic nitrogens is 7. The van der Waals surface area contributed by atoms with Crippen molar-refractivity contribution in [3.8, 4) is 17.1 Å². The molecule has 3 aromatic heterocycles. The molecule has 2 aromatic carbocycles. The van der Waals surface area contributed by atoms with E-state index in [-0.39, 0.29) is 0 Å². The Hall–Kier alpha value is -3.39. The summed E-state index contributed by atoms with van der Waals surface area (Å²) in [6.07, 6.45) is 0.612. The molecule has 0 aliphatic heterocycles. The van der Waals surface area contributed by atoms with Gasteiger partial charge in [-0.1, -0.05) is 65.1 Å². The van der Waals surface area contributed by atoms with Crippen LogP contribution >= 0.6 is 11.3 Å². The topological polar surface area (TPSA) is 73.8 Å². The molecule has 0 aliphatic carbocycles. The first-order valence-corrected chi connectivity index (χ1v) is 9.34. The maximum atomic E-state index is 4.70. The Labute approximate surface area is 158 Å². The summed E-state index contributed by atoms with van der Waals surface area (Å²) in [6.45, 7) is 2.03. The van der Waals surface area contributed by atoms with Gasteiger partial charge in [-0.15, -0.1) is 15.3 Å². The summed E-state index contributed by atoms with van der Waals surface area (Å²) in [7, 11) is 0. The Morgan fingerprint density at radius 2 is 1.63 bits per heavy atom. The van der Waals surface area contributed by atoms with Crippen LogP contribution in [0.2, 0.25) is 0 Å². The molecule has 0 amide bonds. The maximum Gasteiger partial charge on any atom is 0.234 e. The average Bonchev–Trinajstić information content (AvgIpc) is 3.38. The standard InChI is InChI=1S/C19H15N7S/c1-13-16(20-24-25(13)15-10-6-3-7-11-15)12-17-23-26-18(21-22-19(26)27-17)14-8-4-2-5-9-14/h2-11H,12H2,1H3. The molecule has 0 N–H and O–H groups in total. The third kappa shape index (κ3) is 2.80. The van der Waals surface area contributed by atoms with E-state index in [0.717, 1.165) is 38.4 Å². The van der Waals surface area contributed by atoms with E-state index in [9.17, 15) is 0 Å². The van der Waals surface area contributed by atoms with E-state index < -0.39 is 0 Å². The van der Waals surface area contributed by atoms with Gasteiger partial charge in [0.15, 0.2) is 5.82 Å². The first-order valence-electron chi connectivity index (χ1n) is 8.53. The van der Waals surface area contributed by atoms with Crippen LogP contribution in [0.1, 0.15) is 16.4 Å². The van der Waals surface area contributed by atoms with Crippen LogP contribution in [0.3, 0.4) is 0 Å². The average molecular weight is 373 g/mol. The molecule has 27 heavy (non-hydrogen) atoms. The molecule has 0 unspecified atom stereocenters. The molecule has 132 valence electrons. The molecule has 0 fully saturated rings. The minimum Gasteiger partial charge on any atom is -0.218 e. The van der Waals surface area contributed by atoms with Gasteiger partial charge in [-0.2, -0.15) is 9.61 Å². The zero-order valence-corrected chi connectivity index (χ0v) is 15.3. The highest BCUT2D eigenvalue weighted by atomic mass is 32.1. The second kappa shape index (κ2) is 6.40. The molecular weight excluding hydrogens is 358 g/mol. The first kappa shape index (κ1) is 15.8. The SMILES string of the molecule is Cc1c(Cc2nn3c(-c4ccccc4)nnc3s2)nnn1-c1ccccc1. The van der Waals surface area contributed by atoms with Crippen LogP contribution in [0.15, 0.2) is 60.7 Å². The summed E-state index contributed by atoms with van der Waals surface area (Å²) >= 11 is 1.52. The van der Waals surface area contributed by atoms with Gasteiger partial charge in [0.2, 0.25) is 4.96 Å². The Balaban J connectivity index is 1.48. The van der Waals surface area contributed by atoms with Crippen molar-refractivity contribution >= 4 is 16.3 Å². The minimum absolute atomic E-state index is 0.612. The molecule has 8 heteroatoms. The fourth-order valence-electron chi connectivity index (χ4n) is 2.98. The largest absolute Gasteiger partial charge is 0.234 e. The molecule has 0 saturated carbocycles. The molecule has 0 atom stereocenters. The van der Waals surface area contributed by atoms with Crippen LogP contribution in [-0.4, -0.2) is 34.8 Å². The fraction of sp³-hybridized carbons (Fsp3) is 0.105. The Kier molecular flexibility index (Phi) is 3.75. The lowest BCUT2D eigenvalue weighted by Gasteiger charge is -2.02. The molecule has 7 nitrogen and oxygen atoms in total. The Bertz CT molecular complexity index is 1210. The van der Waals surface area contributed by atoms with E-state index in [2.05, 4.69) is 20.5 Å². The molecule has 5 aromatic rings. The van der Waals surface area contributed by atoms with Crippen molar-refractivity contribution in [2.24, 2.45) is 0 Å². The molecule has 0 radical (unpaired) electrons. The highest BCUT2D eigenvalue weighted by Gasteiger charge is 2.16. The van der Waals surface area contributed by atoms with Crippen LogP contribution in [0.25, 0.3) is 22.0 Å². The number of fused-ring (bicyclic) bond motifs is 1. The highest BCUT2D eigenvalue weighted by molar-refractivity contribution is 7.16. The predicted molar refractivity (Wildman–Crippen MR) is 103 cm³/mol. The molecule has 3 heterocycles. The number of hydrogen-bond donors (Lipinski definition) is 0. The summed E-state index contributed by atoms with van der Waals surface area (Å²) in [5, 5.41) is 22.8. The van der Waals surface area contributed by atoms with E-state index in [0.29, 0.717) is 6.42 Å². The summed E-state index contributed by atoms with van der Waals surface area (Å²) in [4.78, 5) is 0.775. The molecule has 0 bridgehead atoms. The van der Waals surface area contributed by atoms with Crippen molar-refractivity contribution < 1.29 is 0 Å². The van der Waals surface area contributed by atoms with Crippen molar-refractivity contribution in [1.29, 1.82) is 0 Å². The van der Waals surface area contributed by atoms with Gasteiger partial charge in [0.25, 0.3) is 0 Å². The molecule has 0 spiro atoms. The number of para-hydroxylation sites is 1. The fourth-order valence-corrected chi connectivity index (χ4v) is 3.81. The maximum absolute atomic E-state index is 4.70. The number of hydrogen-bond acceptors (Lipinski definition) is 6. The van der Waals surface area contributed by atoms with Crippen LogP contribution in [0.4, 0.5) is 0 Å². The van der Waals surface area contributed by atoms with E-state index in [1.165, 1.54) is 11.3 Å². The van der Waals surface area contributed by atoms with Crippen molar-refractivity contribution in [1.82, 2.24) is 34.8 Å². The van der Waals surface area contributed by atoms with Crippen molar-refractivity contribution in [2.45, 2.75) is 13.3 Å². The van der Waals surface area contributed by atoms with Crippen LogP contribution < -0.4 is 0 Å². The van der Waals surface area contributed by atoms with Gasteiger partial charge in [0.1, 0.15) is 5.01 Å². The van der Waals surface area contributed by atoms with Crippen molar-refractivity contribution in [2.75, 3.05) is 0 Å². The molecule has 0 saturated heterocycles. The van der Waals surface area contributed by atoms with Gasteiger partial charge in [0, 0.05) is 12.0 Å². The van der Waals surface area contributed by atoms with E-state index in [1.807, 2.05) is 72.3 Å².